The minimum absolute atomic E-state index is 0.248. The van der Waals surface area contributed by atoms with Crippen LogP contribution in [0.3, 0.4) is 0 Å². The summed E-state index contributed by atoms with van der Waals surface area (Å²) in [4.78, 5) is 39.2. The Labute approximate surface area is 186 Å². The van der Waals surface area contributed by atoms with Crippen molar-refractivity contribution in [2.45, 2.75) is 51.7 Å². The van der Waals surface area contributed by atoms with E-state index >= 15 is 0 Å². The molecule has 0 bridgehead atoms. The zero-order valence-corrected chi connectivity index (χ0v) is 19.0. The number of hydrogen-bond acceptors (Lipinski definition) is 6. The molecule has 1 aromatic carbocycles. The van der Waals surface area contributed by atoms with Crippen LogP contribution in [0, 0.1) is 0 Å². The predicted molar refractivity (Wildman–Crippen MR) is 121 cm³/mol. The number of imide groups is 1. The summed E-state index contributed by atoms with van der Waals surface area (Å²) >= 11 is 0. The number of amides is 4. The maximum Gasteiger partial charge on any atom is 0.410 e. The number of nitrogens with one attached hydrogen (secondary N) is 2. The molecule has 0 radical (unpaired) electrons. The van der Waals surface area contributed by atoms with Crippen molar-refractivity contribution in [3.05, 3.63) is 18.2 Å². The van der Waals surface area contributed by atoms with Gasteiger partial charge >= 0.3 is 12.1 Å². The molecule has 4 amide bonds. The molecule has 0 spiro atoms. The average molecular weight is 443 g/mol. The van der Waals surface area contributed by atoms with E-state index < -0.39 is 11.6 Å². The number of piperidine rings is 1. The molecule has 0 unspecified atom stereocenters. The lowest BCUT2D eigenvalue weighted by Gasteiger charge is -2.34. The number of nitrogens with zero attached hydrogens (tertiary/aromatic N) is 4. The molecule has 0 aliphatic carbocycles. The molecule has 2 aliphatic heterocycles. The molecule has 2 aliphatic rings. The highest BCUT2D eigenvalue weighted by molar-refractivity contribution is 6.09. The Morgan fingerprint density at radius 3 is 2.56 bits per heavy atom. The Kier molecular flexibility index (Phi) is 5.70. The number of urea groups is 1. The normalized spacial score (nSPS) is 18.1. The number of rotatable bonds is 3. The number of aromatic nitrogens is 2. The van der Waals surface area contributed by atoms with E-state index in [9.17, 15) is 14.4 Å². The summed E-state index contributed by atoms with van der Waals surface area (Å²) in [6.07, 6.45) is 1.65. The first kappa shape index (κ1) is 21.9. The molecule has 0 saturated carbocycles. The number of likely N-dealkylation sites (tertiary alicyclic amines) is 1. The third kappa shape index (κ3) is 4.63. The molecule has 4 rings (SSSR count). The molecule has 2 aromatic rings. The molecule has 172 valence electrons. The van der Waals surface area contributed by atoms with Gasteiger partial charge in [0.2, 0.25) is 5.91 Å². The highest BCUT2D eigenvalue weighted by Gasteiger charge is 2.29. The number of fused-ring (bicyclic) bond motifs is 1. The first-order valence-electron chi connectivity index (χ1n) is 10.9. The highest BCUT2D eigenvalue weighted by Crippen LogP contribution is 2.30. The lowest BCUT2D eigenvalue weighted by molar-refractivity contribution is -0.120. The fraction of sp³-hybridized carbons (Fsp3) is 0.545. The van der Waals surface area contributed by atoms with Crippen molar-refractivity contribution in [2.75, 3.05) is 29.9 Å². The zero-order valence-electron chi connectivity index (χ0n) is 19.0. The van der Waals surface area contributed by atoms with Crippen molar-refractivity contribution in [1.29, 1.82) is 0 Å². The number of aryl methyl sites for hydroxylation is 1. The minimum Gasteiger partial charge on any atom is -0.444 e. The summed E-state index contributed by atoms with van der Waals surface area (Å²) in [5, 5.41) is 11.3. The van der Waals surface area contributed by atoms with Crippen LogP contribution in [0.15, 0.2) is 18.2 Å². The Morgan fingerprint density at radius 1 is 1.19 bits per heavy atom. The van der Waals surface area contributed by atoms with Gasteiger partial charge in [0.15, 0.2) is 5.82 Å². The van der Waals surface area contributed by atoms with E-state index in [-0.39, 0.29) is 24.5 Å². The summed E-state index contributed by atoms with van der Waals surface area (Å²) in [6.45, 7) is 7.22. The van der Waals surface area contributed by atoms with Gasteiger partial charge in [0.05, 0.1) is 5.52 Å². The van der Waals surface area contributed by atoms with Gasteiger partial charge in [-0.25, -0.2) is 9.59 Å². The van der Waals surface area contributed by atoms with Gasteiger partial charge in [-0.05, 0) is 51.8 Å². The predicted octanol–water partition coefficient (Wildman–Crippen LogP) is 2.83. The first-order valence-corrected chi connectivity index (χ1v) is 10.9. The van der Waals surface area contributed by atoms with E-state index in [2.05, 4.69) is 15.7 Å². The Bertz CT molecular complexity index is 1050. The third-order valence-corrected chi connectivity index (χ3v) is 5.66. The fourth-order valence-electron chi connectivity index (χ4n) is 4.06. The first-order chi connectivity index (χ1) is 15.1. The molecule has 10 nitrogen and oxygen atoms in total. The van der Waals surface area contributed by atoms with E-state index in [0.29, 0.717) is 25.5 Å². The fourth-order valence-corrected chi connectivity index (χ4v) is 4.06. The van der Waals surface area contributed by atoms with Crippen molar-refractivity contribution in [3.63, 3.8) is 0 Å². The molecule has 32 heavy (non-hydrogen) atoms. The topological polar surface area (TPSA) is 109 Å². The molecule has 3 heterocycles. The second kappa shape index (κ2) is 8.33. The van der Waals surface area contributed by atoms with Crippen LogP contribution in [-0.2, 0) is 16.6 Å². The molecule has 2 saturated heterocycles. The standard InChI is InChI=1S/C22H30N6O4/c1-22(2,3)32-21(31)27-10-7-14(8-11-27)23-15-5-6-16-17(13-15)26(4)25-19(16)28-12-9-18(29)24-20(28)30/h5-6,13-14,23H,7-12H2,1-4H3,(H,24,29,30). The van der Waals surface area contributed by atoms with Gasteiger partial charge in [-0.2, -0.15) is 5.10 Å². The van der Waals surface area contributed by atoms with Crippen LogP contribution in [0.5, 0.6) is 0 Å². The van der Waals surface area contributed by atoms with E-state index in [1.54, 1.807) is 9.58 Å². The smallest absolute Gasteiger partial charge is 0.410 e. The van der Waals surface area contributed by atoms with Crippen molar-refractivity contribution >= 4 is 40.4 Å². The second-order valence-electron chi connectivity index (χ2n) is 9.32. The van der Waals surface area contributed by atoms with Crippen LogP contribution in [0.25, 0.3) is 10.9 Å². The highest BCUT2D eigenvalue weighted by atomic mass is 16.6. The molecule has 10 heteroatoms. The molecule has 1 aromatic heterocycles. The van der Waals surface area contributed by atoms with Crippen LogP contribution in [0.4, 0.5) is 21.1 Å². The molecular formula is C22H30N6O4. The van der Waals surface area contributed by atoms with Crippen molar-refractivity contribution in [3.8, 4) is 0 Å². The number of ether oxygens (including phenoxy) is 1. The van der Waals surface area contributed by atoms with Crippen LogP contribution < -0.4 is 15.5 Å². The van der Waals surface area contributed by atoms with E-state index in [1.165, 1.54) is 4.90 Å². The third-order valence-electron chi connectivity index (χ3n) is 5.66. The van der Waals surface area contributed by atoms with Crippen LogP contribution in [0.2, 0.25) is 0 Å². The van der Waals surface area contributed by atoms with Gasteiger partial charge in [-0.3, -0.25) is 19.7 Å². The van der Waals surface area contributed by atoms with Crippen LogP contribution in [0.1, 0.15) is 40.0 Å². The monoisotopic (exact) mass is 442 g/mol. The van der Waals surface area contributed by atoms with Gasteiger partial charge in [0.25, 0.3) is 0 Å². The van der Waals surface area contributed by atoms with Crippen LogP contribution in [-0.4, -0.2) is 64.0 Å². The number of hydrogen-bond donors (Lipinski definition) is 2. The van der Waals surface area contributed by atoms with E-state index in [4.69, 9.17) is 4.74 Å². The van der Waals surface area contributed by atoms with E-state index in [1.807, 2.05) is 46.0 Å². The summed E-state index contributed by atoms with van der Waals surface area (Å²) in [5.74, 6) is 0.278. The van der Waals surface area contributed by atoms with Crippen LogP contribution >= 0.6 is 0 Å². The Balaban J connectivity index is 1.42. The Morgan fingerprint density at radius 2 is 1.91 bits per heavy atom. The number of carbonyl (C=O) groups excluding carboxylic acids is 3. The Hall–Kier alpha value is -3.30. The number of benzene rings is 1. The van der Waals surface area contributed by atoms with Crippen molar-refractivity contribution in [1.82, 2.24) is 20.0 Å². The summed E-state index contributed by atoms with van der Waals surface area (Å²) in [7, 11) is 1.84. The maximum absolute atomic E-state index is 12.3. The average Bonchev–Trinajstić information content (AvgIpc) is 3.03. The van der Waals surface area contributed by atoms with Crippen molar-refractivity contribution in [2.24, 2.45) is 7.05 Å². The zero-order chi connectivity index (χ0) is 23.0. The summed E-state index contributed by atoms with van der Waals surface area (Å²) < 4.78 is 7.20. The number of anilines is 2. The SMILES string of the molecule is Cn1nc(N2CCC(=O)NC2=O)c2ccc(NC3CCN(C(=O)OC(C)(C)C)CC3)cc21. The van der Waals surface area contributed by atoms with Gasteiger partial charge in [0, 0.05) is 50.2 Å². The molecule has 2 fully saturated rings. The largest absolute Gasteiger partial charge is 0.444 e. The van der Waals surface area contributed by atoms with Gasteiger partial charge < -0.3 is 15.0 Å². The quantitative estimate of drug-likeness (QED) is 0.757. The number of carbonyl (C=O) groups is 3. The van der Waals surface area contributed by atoms with Gasteiger partial charge in [0.1, 0.15) is 5.60 Å². The maximum atomic E-state index is 12.3. The van der Waals surface area contributed by atoms with Gasteiger partial charge in [-0.15, -0.1) is 0 Å². The molecule has 0 atom stereocenters. The molecule has 2 N–H and O–H groups in total. The van der Waals surface area contributed by atoms with E-state index in [0.717, 1.165) is 29.4 Å². The second-order valence-corrected chi connectivity index (χ2v) is 9.32. The lowest BCUT2D eigenvalue weighted by Crippen LogP contribution is -2.49. The van der Waals surface area contributed by atoms with Crippen molar-refractivity contribution < 1.29 is 19.1 Å². The lowest BCUT2D eigenvalue weighted by atomic mass is 10.0. The minimum atomic E-state index is -0.492. The van der Waals surface area contributed by atoms with Gasteiger partial charge in [-0.1, -0.05) is 0 Å². The summed E-state index contributed by atoms with van der Waals surface area (Å²) in [5.41, 5.74) is 1.36. The summed E-state index contributed by atoms with van der Waals surface area (Å²) in [6, 6.07) is 5.73. The molecular weight excluding hydrogens is 412 g/mol.